The maximum atomic E-state index is 12.3. The van der Waals surface area contributed by atoms with E-state index in [0.717, 1.165) is 23.4 Å². The topological polar surface area (TPSA) is 71.1 Å². The van der Waals surface area contributed by atoms with E-state index >= 15 is 0 Å². The van der Waals surface area contributed by atoms with Crippen LogP contribution in [0.1, 0.15) is 35.3 Å². The first-order chi connectivity index (χ1) is 11.1. The fraction of sp³-hybridized carbons (Fsp3) is 0.353. The van der Waals surface area contributed by atoms with Crippen LogP contribution in [0.2, 0.25) is 0 Å². The number of nitrogens with zero attached hydrogens (tertiary/aromatic N) is 1. The summed E-state index contributed by atoms with van der Waals surface area (Å²) in [5.41, 5.74) is 2.54. The summed E-state index contributed by atoms with van der Waals surface area (Å²) in [4.78, 5) is 28.6. The Hall–Kier alpha value is -2.21. The minimum atomic E-state index is -0.463. The van der Waals surface area contributed by atoms with Gasteiger partial charge in [0.25, 0.3) is 5.91 Å². The van der Waals surface area contributed by atoms with Crippen molar-refractivity contribution in [3.05, 3.63) is 40.9 Å². The fourth-order valence-electron chi connectivity index (χ4n) is 2.52. The Morgan fingerprint density at radius 2 is 2.09 bits per heavy atom. The average molecular weight is 329 g/mol. The predicted molar refractivity (Wildman–Crippen MR) is 90.4 cm³/mol. The predicted octanol–water partition coefficient (Wildman–Crippen LogP) is 2.52. The molecule has 2 aromatic rings. The molecule has 0 unspecified atom stereocenters. The third-order valence-electron chi connectivity index (χ3n) is 3.88. The van der Waals surface area contributed by atoms with Crippen LogP contribution in [0.4, 0.5) is 0 Å². The van der Waals surface area contributed by atoms with Crippen molar-refractivity contribution < 1.29 is 9.59 Å². The number of carbonyl (C=O) groups excluding carboxylic acids is 2. The number of thiazole rings is 1. The quantitative estimate of drug-likeness (QED) is 0.909. The molecule has 0 bridgehead atoms. The molecule has 2 N–H and O–H groups in total. The summed E-state index contributed by atoms with van der Waals surface area (Å²) >= 11 is 1.43. The molecule has 1 fully saturated rings. The zero-order valence-electron chi connectivity index (χ0n) is 13.0. The molecular formula is C17H19N3O2S. The van der Waals surface area contributed by atoms with Gasteiger partial charge in [-0.2, -0.15) is 0 Å². The van der Waals surface area contributed by atoms with Crippen molar-refractivity contribution in [3.63, 3.8) is 0 Å². The first-order valence-corrected chi connectivity index (χ1v) is 8.62. The summed E-state index contributed by atoms with van der Waals surface area (Å²) in [5.74, 6) is -0.397. The van der Waals surface area contributed by atoms with Gasteiger partial charge in [-0.1, -0.05) is 29.8 Å². The number of hydrogen-bond donors (Lipinski definition) is 2. The normalized spacial score (nSPS) is 18.1. The molecule has 2 heterocycles. The van der Waals surface area contributed by atoms with E-state index in [1.165, 1.54) is 16.9 Å². The minimum absolute atomic E-state index is 0.107. The molecule has 2 amide bonds. The SMILES string of the molecule is Cc1ccc(-c2nc(C(=O)N[C@H]3CCCCNC3=O)cs2)cc1. The van der Waals surface area contributed by atoms with Crippen LogP contribution in [0.3, 0.4) is 0 Å². The van der Waals surface area contributed by atoms with E-state index in [-0.39, 0.29) is 11.8 Å². The Morgan fingerprint density at radius 3 is 2.87 bits per heavy atom. The van der Waals surface area contributed by atoms with E-state index < -0.39 is 6.04 Å². The lowest BCUT2D eigenvalue weighted by molar-refractivity contribution is -0.122. The molecule has 1 aliphatic rings. The van der Waals surface area contributed by atoms with Crippen molar-refractivity contribution in [2.24, 2.45) is 0 Å². The number of aryl methyl sites for hydroxylation is 1. The van der Waals surface area contributed by atoms with E-state index in [1.807, 2.05) is 31.2 Å². The molecule has 1 aliphatic heterocycles. The zero-order chi connectivity index (χ0) is 16.2. The second-order valence-electron chi connectivity index (χ2n) is 5.72. The van der Waals surface area contributed by atoms with Gasteiger partial charge in [0.15, 0.2) is 0 Å². The maximum absolute atomic E-state index is 12.3. The van der Waals surface area contributed by atoms with Crippen LogP contribution in [0.15, 0.2) is 29.6 Å². The van der Waals surface area contributed by atoms with Gasteiger partial charge in [-0.15, -0.1) is 11.3 Å². The number of aromatic nitrogens is 1. The molecule has 1 atom stereocenters. The van der Waals surface area contributed by atoms with Crippen LogP contribution in [-0.4, -0.2) is 29.4 Å². The monoisotopic (exact) mass is 329 g/mol. The van der Waals surface area contributed by atoms with E-state index in [1.54, 1.807) is 5.38 Å². The van der Waals surface area contributed by atoms with Gasteiger partial charge in [0, 0.05) is 17.5 Å². The minimum Gasteiger partial charge on any atom is -0.354 e. The van der Waals surface area contributed by atoms with Crippen molar-refractivity contribution in [3.8, 4) is 10.6 Å². The molecule has 0 saturated carbocycles. The van der Waals surface area contributed by atoms with Crippen molar-refractivity contribution in [1.82, 2.24) is 15.6 Å². The van der Waals surface area contributed by atoms with Crippen LogP contribution >= 0.6 is 11.3 Å². The smallest absolute Gasteiger partial charge is 0.271 e. The summed E-state index contributed by atoms with van der Waals surface area (Å²) in [5, 5.41) is 8.15. The number of carbonyl (C=O) groups is 2. The lowest BCUT2D eigenvalue weighted by Gasteiger charge is -2.14. The second-order valence-corrected chi connectivity index (χ2v) is 6.57. The van der Waals surface area contributed by atoms with E-state index in [0.29, 0.717) is 18.7 Å². The Balaban J connectivity index is 1.70. The highest BCUT2D eigenvalue weighted by atomic mass is 32.1. The lowest BCUT2D eigenvalue weighted by atomic mass is 10.1. The van der Waals surface area contributed by atoms with Gasteiger partial charge in [-0.05, 0) is 26.2 Å². The summed E-state index contributed by atoms with van der Waals surface area (Å²) in [6.45, 7) is 2.71. The van der Waals surface area contributed by atoms with Crippen LogP contribution in [0.5, 0.6) is 0 Å². The third kappa shape index (κ3) is 3.76. The molecule has 3 rings (SSSR count). The fourth-order valence-corrected chi connectivity index (χ4v) is 3.32. The molecule has 0 spiro atoms. The molecular weight excluding hydrogens is 310 g/mol. The van der Waals surface area contributed by atoms with Gasteiger partial charge in [0.1, 0.15) is 16.7 Å². The van der Waals surface area contributed by atoms with Crippen LogP contribution in [-0.2, 0) is 4.79 Å². The largest absolute Gasteiger partial charge is 0.354 e. The Labute approximate surface area is 139 Å². The molecule has 5 nitrogen and oxygen atoms in total. The number of amides is 2. The van der Waals surface area contributed by atoms with E-state index in [9.17, 15) is 9.59 Å². The first kappa shape index (κ1) is 15.7. The third-order valence-corrected chi connectivity index (χ3v) is 4.77. The Morgan fingerprint density at radius 1 is 1.30 bits per heavy atom. The number of hydrogen-bond acceptors (Lipinski definition) is 4. The van der Waals surface area contributed by atoms with E-state index in [2.05, 4.69) is 15.6 Å². The summed E-state index contributed by atoms with van der Waals surface area (Å²) in [6.07, 6.45) is 2.55. The van der Waals surface area contributed by atoms with Crippen molar-refractivity contribution >= 4 is 23.2 Å². The standard InChI is InChI=1S/C17H19N3O2S/c1-11-5-7-12(8-6-11)17-20-14(10-23-17)16(22)19-13-4-2-3-9-18-15(13)21/h5-8,10,13H,2-4,9H2,1H3,(H,18,21)(H,19,22)/t13-/m0/s1. The highest BCUT2D eigenvalue weighted by Gasteiger charge is 2.23. The average Bonchev–Trinajstić information content (AvgIpc) is 2.95. The van der Waals surface area contributed by atoms with Crippen LogP contribution in [0, 0.1) is 6.92 Å². The number of nitrogens with one attached hydrogen (secondary N) is 2. The number of benzene rings is 1. The highest BCUT2D eigenvalue weighted by Crippen LogP contribution is 2.24. The Bertz CT molecular complexity index is 709. The highest BCUT2D eigenvalue weighted by molar-refractivity contribution is 7.13. The number of rotatable bonds is 3. The van der Waals surface area contributed by atoms with Crippen molar-refractivity contribution in [2.45, 2.75) is 32.2 Å². The van der Waals surface area contributed by atoms with Gasteiger partial charge in [-0.3, -0.25) is 9.59 Å². The molecule has 1 aromatic carbocycles. The lowest BCUT2D eigenvalue weighted by Crippen LogP contribution is -2.45. The summed E-state index contributed by atoms with van der Waals surface area (Å²) < 4.78 is 0. The Kier molecular flexibility index (Phi) is 4.71. The van der Waals surface area contributed by atoms with Gasteiger partial charge < -0.3 is 10.6 Å². The van der Waals surface area contributed by atoms with Crippen LogP contribution < -0.4 is 10.6 Å². The van der Waals surface area contributed by atoms with Gasteiger partial charge in [0.2, 0.25) is 5.91 Å². The molecule has 0 aliphatic carbocycles. The van der Waals surface area contributed by atoms with Crippen LogP contribution in [0.25, 0.3) is 10.6 Å². The maximum Gasteiger partial charge on any atom is 0.271 e. The molecule has 120 valence electrons. The van der Waals surface area contributed by atoms with Crippen molar-refractivity contribution in [1.29, 1.82) is 0 Å². The molecule has 1 aromatic heterocycles. The molecule has 23 heavy (non-hydrogen) atoms. The van der Waals surface area contributed by atoms with Gasteiger partial charge >= 0.3 is 0 Å². The summed E-state index contributed by atoms with van der Waals surface area (Å²) in [7, 11) is 0. The second kappa shape index (κ2) is 6.91. The first-order valence-electron chi connectivity index (χ1n) is 7.74. The van der Waals surface area contributed by atoms with Crippen molar-refractivity contribution in [2.75, 3.05) is 6.54 Å². The van der Waals surface area contributed by atoms with Gasteiger partial charge in [0.05, 0.1) is 0 Å². The molecule has 0 radical (unpaired) electrons. The molecule has 6 heteroatoms. The zero-order valence-corrected chi connectivity index (χ0v) is 13.8. The summed E-state index contributed by atoms with van der Waals surface area (Å²) in [6, 6.07) is 7.57. The molecule has 1 saturated heterocycles. The van der Waals surface area contributed by atoms with E-state index in [4.69, 9.17) is 0 Å². The van der Waals surface area contributed by atoms with Gasteiger partial charge in [-0.25, -0.2) is 4.98 Å².